The number of nitro groups is 1. The molecule has 1 rings (SSSR count). The van der Waals surface area contributed by atoms with Crippen molar-refractivity contribution in [1.82, 2.24) is 0 Å². The lowest BCUT2D eigenvalue weighted by Crippen LogP contribution is -2.25. The molecule has 0 unspecified atom stereocenters. The van der Waals surface area contributed by atoms with Crippen molar-refractivity contribution in [1.29, 1.82) is 0 Å². The Hall–Kier alpha value is -1.47. The van der Waals surface area contributed by atoms with Gasteiger partial charge in [-0.25, -0.2) is 4.79 Å². The standard InChI is InChI=1S/C13H16BrNO5/c1-13(2,19-3)7-8-20-12(16)9-5-4-6-10(11(9)14)15(17)18/h4-6H,7-8H2,1-3H3. The maximum absolute atomic E-state index is 11.9. The first-order valence-electron chi connectivity index (χ1n) is 5.93. The Labute approximate surface area is 125 Å². The number of carbonyl (C=O) groups excluding carboxylic acids is 1. The summed E-state index contributed by atoms with van der Waals surface area (Å²) >= 11 is 3.06. The highest BCUT2D eigenvalue weighted by Gasteiger charge is 2.22. The zero-order valence-electron chi connectivity index (χ0n) is 11.5. The van der Waals surface area contributed by atoms with Crippen LogP contribution in [0.4, 0.5) is 5.69 Å². The molecular weight excluding hydrogens is 330 g/mol. The third-order valence-electron chi connectivity index (χ3n) is 2.88. The van der Waals surface area contributed by atoms with E-state index in [4.69, 9.17) is 9.47 Å². The average Bonchev–Trinajstić information content (AvgIpc) is 2.38. The van der Waals surface area contributed by atoms with Gasteiger partial charge in [0, 0.05) is 19.6 Å². The van der Waals surface area contributed by atoms with Crippen LogP contribution in [0.2, 0.25) is 0 Å². The van der Waals surface area contributed by atoms with Crippen LogP contribution >= 0.6 is 15.9 Å². The molecule has 0 N–H and O–H groups in total. The summed E-state index contributed by atoms with van der Waals surface area (Å²) in [4.78, 5) is 22.1. The number of methoxy groups -OCH3 is 1. The zero-order chi connectivity index (χ0) is 15.3. The summed E-state index contributed by atoms with van der Waals surface area (Å²) in [5.74, 6) is -0.604. The summed E-state index contributed by atoms with van der Waals surface area (Å²) in [6.45, 7) is 3.93. The van der Waals surface area contributed by atoms with Crippen molar-refractivity contribution in [2.75, 3.05) is 13.7 Å². The van der Waals surface area contributed by atoms with Crippen molar-refractivity contribution >= 4 is 27.6 Å². The molecule has 0 aromatic heterocycles. The number of hydrogen-bond donors (Lipinski definition) is 0. The summed E-state index contributed by atoms with van der Waals surface area (Å²) in [6, 6.07) is 4.23. The van der Waals surface area contributed by atoms with Gasteiger partial charge in [-0.2, -0.15) is 0 Å². The van der Waals surface area contributed by atoms with Crippen LogP contribution in [0.25, 0.3) is 0 Å². The van der Waals surface area contributed by atoms with Gasteiger partial charge in [0.2, 0.25) is 0 Å². The van der Waals surface area contributed by atoms with Gasteiger partial charge in [-0.1, -0.05) is 6.07 Å². The van der Waals surface area contributed by atoms with Crippen LogP contribution in [0.3, 0.4) is 0 Å². The van der Waals surface area contributed by atoms with Crippen LogP contribution in [0, 0.1) is 10.1 Å². The minimum atomic E-state index is -0.604. The number of nitro benzene ring substituents is 1. The fourth-order valence-electron chi connectivity index (χ4n) is 1.39. The summed E-state index contributed by atoms with van der Waals surface area (Å²) in [5, 5.41) is 10.8. The summed E-state index contributed by atoms with van der Waals surface area (Å²) < 4.78 is 10.4. The number of halogens is 1. The molecule has 20 heavy (non-hydrogen) atoms. The van der Waals surface area contributed by atoms with Gasteiger partial charge in [0.25, 0.3) is 5.69 Å². The lowest BCUT2D eigenvalue weighted by Gasteiger charge is -2.22. The van der Waals surface area contributed by atoms with Gasteiger partial charge in [-0.15, -0.1) is 0 Å². The van der Waals surface area contributed by atoms with E-state index in [1.54, 1.807) is 7.11 Å². The molecule has 0 amide bonds. The highest BCUT2D eigenvalue weighted by molar-refractivity contribution is 9.10. The minimum absolute atomic E-state index is 0.126. The molecule has 0 spiro atoms. The normalized spacial score (nSPS) is 11.2. The van der Waals surface area contributed by atoms with E-state index in [9.17, 15) is 14.9 Å². The Bertz CT molecular complexity index is 515. The predicted octanol–water partition coefficient (Wildman–Crippen LogP) is 3.33. The maximum atomic E-state index is 11.9. The Morgan fingerprint density at radius 1 is 1.45 bits per heavy atom. The zero-order valence-corrected chi connectivity index (χ0v) is 13.1. The van der Waals surface area contributed by atoms with Crippen LogP contribution in [0.15, 0.2) is 22.7 Å². The van der Waals surface area contributed by atoms with Crippen LogP contribution in [-0.2, 0) is 9.47 Å². The Kier molecular flexibility index (Phi) is 5.64. The third-order valence-corrected chi connectivity index (χ3v) is 3.72. The molecule has 6 nitrogen and oxygen atoms in total. The first-order valence-corrected chi connectivity index (χ1v) is 6.73. The average molecular weight is 346 g/mol. The van der Waals surface area contributed by atoms with Crippen molar-refractivity contribution in [2.24, 2.45) is 0 Å². The number of ether oxygens (including phenoxy) is 2. The Morgan fingerprint density at radius 2 is 2.10 bits per heavy atom. The molecule has 0 bridgehead atoms. The van der Waals surface area contributed by atoms with Gasteiger partial charge in [0.05, 0.1) is 22.7 Å². The predicted molar refractivity (Wildman–Crippen MR) is 76.8 cm³/mol. The van der Waals surface area contributed by atoms with Crippen molar-refractivity contribution in [3.63, 3.8) is 0 Å². The van der Waals surface area contributed by atoms with E-state index in [0.29, 0.717) is 6.42 Å². The van der Waals surface area contributed by atoms with Gasteiger partial charge in [-0.3, -0.25) is 10.1 Å². The molecule has 1 aromatic carbocycles. The van der Waals surface area contributed by atoms with E-state index in [-0.39, 0.29) is 27.9 Å². The molecule has 0 heterocycles. The van der Waals surface area contributed by atoms with Gasteiger partial charge in [0.1, 0.15) is 4.47 Å². The molecule has 110 valence electrons. The van der Waals surface area contributed by atoms with Gasteiger partial charge in [-0.05, 0) is 35.8 Å². The topological polar surface area (TPSA) is 78.7 Å². The Balaban J connectivity index is 2.74. The summed E-state index contributed by atoms with van der Waals surface area (Å²) in [5.41, 5.74) is -0.425. The second-order valence-electron chi connectivity index (χ2n) is 4.75. The number of benzene rings is 1. The summed E-state index contributed by atoms with van der Waals surface area (Å²) in [7, 11) is 1.58. The van der Waals surface area contributed by atoms with E-state index in [1.807, 2.05) is 13.8 Å². The largest absolute Gasteiger partial charge is 0.462 e. The SMILES string of the molecule is COC(C)(C)CCOC(=O)c1cccc([N+](=O)[O-])c1Br. The second kappa shape index (κ2) is 6.81. The molecule has 0 aliphatic carbocycles. The maximum Gasteiger partial charge on any atom is 0.339 e. The molecule has 7 heteroatoms. The molecule has 0 saturated heterocycles. The van der Waals surface area contributed by atoms with Gasteiger partial charge < -0.3 is 9.47 Å². The molecule has 0 radical (unpaired) electrons. The third kappa shape index (κ3) is 4.28. The Morgan fingerprint density at radius 3 is 2.65 bits per heavy atom. The van der Waals surface area contributed by atoms with E-state index in [1.165, 1.54) is 18.2 Å². The van der Waals surface area contributed by atoms with Crippen LogP contribution in [0.5, 0.6) is 0 Å². The lowest BCUT2D eigenvalue weighted by atomic mass is 10.1. The summed E-state index contributed by atoms with van der Waals surface area (Å²) in [6.07, 6.45) is 0.530. The highest BCUT2D eigenvalue weighted by Crippen LogP contribution is 2.28. The van der Waals surface area contributed by atoms with Crippen LogP contribution in [-0.4, -0.2) is 30.2 Å². The monoisotopic (exact) mass is 345 g/mol. The van der Waals surface area contributed by atoms with Crippen LogP contribution < -0.4 is 0 Å². The van der Waals surface area contributed by atoms with Crippen molar-refractivity contribution < 1.29 is 19.2 Å². The van der Waals surface area contributed by atoms with E-state index >= 15 is 0 Å². The number of nitrogens with zero attached hydrogens (tertiary/aromatic N) is 1. The molecule has 0 saturated carbocycles. The van der Waals surface area contributed by atoms with Crippen molar-refractivity contribution in [3.8, 4) is 0 Å². The second-order valence-corrected chi connectivity index (χ2v) is 5.54. The molecule has 0 aliphatic heterocycles. The van der Waals surface area contributed by atoms with Crippen LogP contribution in [0.1, 0.15) is 30.6 Å². The smallest absolute Gasteiger partial charge is 0.339 e. The van der Waals surface area contributed by atoms with Crippen molar-refractivity contribution in [3.05, 3.63) is 38.3 Å². The number of carbonyl (C=O) groups is 1. The van der Waals surface area contributed by atoms with Gasteiger partial charge >= 0.3 is 5.97 Å². The fraction of sp³-hybridized carbons (Fsp3) is 0.462. The number of esters is 1. The quantitative estimate of drug-likeness (QED) is 0.448. The minimum Gasteiger partial charge on any atom is -0.462 e. The first kappa shape index (κ1) is 16.6. The molecule has 1 aromatic rings. The fourth-order valence-corrected chi connectivity index (χ4v) is 1.96. The van der Waals surface area contributed by atoms with E-state index < -0.39 is 10.9 Å². The molecule has 0 aliphatic rings. The van der Waals surface area contributed by atoms with E-state index in [2.05, 4.69) is 15.9 Å². The van der Waals surface area contributed by atoms with Gasteiger partial charge in [0.15, 0.2) is 0 Å². The number of hydrogen-bond acceptors (Lipinski definition) is 5. The molecule has 0 atom stereocenters. The molecule has 0 fully saturated rings. The first-order chi connectivity index (χ1) is 9.28. The highest BCUT2D eigenvalue weighted by atomic mass is 79.9. The number of rotatable bonds is 6. The van der Waals surface area contributed by atoms with E-state index in [0.717, 1.165) is 0 Å². The van der Waals surface area contributed by atoms with Crippen molar-refractivity contribution in [2.45, 2.75) is 25.9 Å². The lowest BCUT2D eigenvalue weighted by molar-refractivity contribution is -0.385. The molecular formula is C13H16BrNO5.